The highest BCUT2D eigenvalue weighted by atomic mass is 15.3. The van der Waals surface area contributed by atoms with Crippen molar-refractivity contribution in [3.63, 3.8) is 0 Å². The first kappa shape index (κ1) is 10.8. The van der Waals surface area contributed by atoms with Crippen LogP contribution in [-0.4, -0.2) is 22.9 Å². The summed E-state index contributed by atoms with van der Waals surface area (Å²) in [7, 11) is 2.06. The van der Waals surface area contributed by atoms with Crippen molar-refractivity contribution in [2.45, 2.75) is 19.3 Å². The minimum atomic E-state index is 0.766. The third-order valence-corrected chi connectivity index (χ3v) is 3.74. The van der Waals surface area contributed by atoms with Crippen LogP contribution < -0.4 is 5.32 Å². The van der Waals surface area contributed by atoms with E-state index in [-0.39, 0.29) is 0 Å². The molecule has 2 aromatic rings. The highest BCUT2D eigenvalue weighted by Gasteiger charge is 2.17. The van der Waals surface area contributed by atoms with Gasteiger partial charge in [0.15, 0.2) is 0 Å². The molecule has 90 valence electrons. The molecule has 1 unspecified atom stereocenters. The Kier molecular flexibility index (Phi) is 2.85. The van der Waals surface area contributed by atoms with Gasteiger partial charge in [-0.1, -0.05) is 18.2 Å². The standard InChI is InChI=1S/C14H19N3/c1-17-14(9-11-5-4-8-15-10-11)12-6-2-3-7-13(12)16-17/h2-3,6-7,11,15H,4-5,8-10H2,1H3. The van der Waals surface area contributed by atoms with Crippen LogP contribution >= 0.6 is 0 Å². The number of nitrogens with zero attached hydrogens (tertiary/aromatic N) is 2. The topological polar surface area (TPSA) is 29.9 Å². The van der Waals surface area contributed by atoms with Crippen molar-refractivity contribution in [2.75, 3.05) is 13.1 Å². The van der Waals surface area contributed by atoms with E-state index in [9.17, 15) is 0 Å². The van der Waals surface area contributed by atoms with Gasteiger partial charge in [0.05, 0.1) is 5.52 Å². The Bertz CT molecular complexity index is 509. The summed E-state index contributed by atoms with van der Waals surface area (Å²) in [6.07, 6.45) is 3.79. The third kappa shape index (κ3) is 2.07. The molecule has 0 bridgehead atoms. The predicted octanol–water partition coefficient (Wildman–Crippen LogP) is 2.12. The fourth-order valence-electron chi connectivity index (χ4n) is 2.81. The summed E-state index contributed by atoms with van der Waals surface area (Å²) in [5.74, 6) is 0.766. The van der Waals surface area contributed by atoms with E-state index < -0.39 is 0 Å². The molecule has 2 heterocycles. The minimum absolute atomic E-state index is 0.766. The maximum absolute atomic E-state index is 4.57. The SMILES string of the molecule is Cn1nc2ccccc2c1CC1CCCNC1. The van der Waals surface area contributed by atoms with Gasteiger partial charge in [-0.15, -0.1) is 0 Å². The zero-order valence-corrected chi connectivity index (χ0v) is 10.3. The van der Waals surface area contributed by atoms with Crippen LogP contribution in [0.25, 0.3) is 10.9 Å². The van der Waals surface area contributed by atoms with E-state index in [0.29, 0.717) is 0 Å². The Morgan fingerprint density at radius 2 is 2.29 bits per heavy atom. The van der Waals surface area contributed by atoms with E-state index in [1.54, 1.807) is 0 Å². The molecule has 1 aliphatic heterocycles. The number of hydrogen-bond acceptors (Lipinski definition) is 2. The molecule has 1 aromatic carbocycles. The van der Waals surface area contributed by atoms with Crippen LogP contribution in [0.2, 0.25) is 0 Å². The first-order valence-electron chi connectivity index (χ1n) is 6.46. The second-order valence-corrected chi connectivity index (χ2v) is 5.00. The Hall–Kier alpha value is -1.35. The Balaban J connectivity index is 1.90. The van der Waals surface area contributed by atoms with Gasteiger partial charge in [-0.2, -0.15) is 5.10 Å². The molecule has 0 saturated carbocycles. The van der Waals surface area contributed by atoms with Crippen molar-refractivity contribution < 1.29 is 0 Å². The van der Waals surface area contributed by atoms with Crippen molar-refractivity contribution in [1.82, 2.24) is 15.1 Å². The molecule has 1 atom stereocenters. The van der Waals surface area contributed by atoms with Gasteiger partial charge in [0.25, 0.3) is 0 Å². The molecule has 3 heteroatoms. The largest absolute Gasteiger partial charge is 0.316 e. The molecule has 1 aliphatic rings. The fourth-order valence-corrected chi connectivity index (χ4v) is 2.81. The zero-order valence-electron chi connectivity index (χ0n) is 10.3. The van der Waals surface area contributed by atoms with Crippen LogP contribution in [0.4, 0.5) is 0 Å². The summed E-state index contributed by atoms with van der Waals surface area (Å²) < 4.78 is 2.05. The van der Waals surface area contributed by atoms with Crippen LogP contribution in [0, 0.1) is 5.92 Å². The van der Waals surface area contributed by atoms with Crippen LogP contribution in [-0.2, 0) is 13.5 Å². The molecule has 0 aliphatic carbocycles. The lowest BCUT2D eigenvalue weighted by atomic mass is 9.93. The van der Waals surface area contributed by atoms with Crippen LogP contribution in [0.5, 0.6) is 0 Å². The monoisotopic (exact) mass is 229 g/mol. The van der Waals surface area contributed by atoms with E-state index in [4.69, 9.17) is 0 Å². The van der Waals surface area contributed by atoms with Gasteiger partial charge in [-0.25, -0.2) is 0 Å². The first-order chi connectivity index (χ1) is 8.34. The van der Waals surface area contributed by atoms with Crippen molar-refractivity contribution in [2.24, 2.45) is 13.0 Å². The fraction of sp³-hybridized carbons (Fsp3) is 0.500. The number of fused-ring (bicyclic) bond motifs is 1. The molecule has 0 amide bonds. The van der Waals surface area contributed by atoms with Crippen LogP contribution in [0.15, 0.2) is 24.3 Å². The number of nitrogens with one attached hydrogen (secondary N) is 1. The Morgan fingerprint density at radius 3 is 3.12 bits per heavy atom. The number of rotatable bonds is 2. The summed E-state index contributed by atoms with van der Waals surface area (Å²) >= 11 is 0. The number of hydrogen-bond donors (Lipinski definition) is 1. The lowest BCUT2D eigenvalue weighted by Crippen LogP contribution is -2.31. The number of benzene rings is 1. The molecule has 3 rings (SSSR count). The highest BCUT2D eigenvalue weighted by Crippen LogP contribution is 2.23. The smallest absolute Gasteiger partial charge is 0.0926 e. The first-order valence-corrected chi connectivity index (χ1v) is 6.46. The Labute approximate surface area is 102 Å². The molecule has 1 aromatic heterocycles. The Morgan fingerprint density at radius 1 is 1.41 bits per heavy atom. The molecule has 17 heavy (non-hydrogen) atoms. The maximum atomic E-state index is 4.57. The van der Waals surface area contributed by atoms with Crippen molar-refractivity contribution >= 4 is 10.9 Å². The molecular formula is C14H19N3. The zero-order chi connectivity index (χ0) is 11.7. The second-order valence-electron chi connectivity index (χ2n) is 5.00. The van der Waals surface area contributed by atoms with E-state index in [0.717, 1.165) is 24.4 Å². The summed E-state index contributed by atoms with van der Waals surface area (Å²) in [6.45, 7) is 2.34. The minimum Gasteiger partial charge on any atom is -0.316 e. The van der Waals surface area contributed by atoms with Gasteiger partial charge in [0.1, 0.15) is 0 Å². The average molecular weight is 229 g/mol. The molecule has 3 nitrogen and oxygen atoms in total. The van der Waals surface area contributed by atoms with Crippen molar-refractivity contribution in [1.29, 1.82) is 0 Å². The molecule has 0 spiro atoms. The number of piperidine rings is 1. The quantitative estimate of drug-likeness (QED) is 0.855. The van der Waals surface area contributed by atoms with Crippen LogP contribution in [0.1, 0.15) is 18.5 Å². The van der Waals surface area contributed by atoms with Gasteiger partial charge >= 0.3 is 0 Å². The number of aryl methyl sites for hydroxylation is 1. The molecule has 1 N–H and O–H groups in total. The summed E-state index contributed by atoms with van der Waals surface area (Å²) in [6, 6.07) is 8.44. The van der Waals surface area contributed by atoms with Gasteiger partial charge in [-0.05, 0) is 44.3 Å². The predicted molar refractivity (Wildman–Crippen MR) is 70.0 cm³/mol. The van der Waals surface area contributed by atoms with Gasteiger partial charge < -0.3 is 5.32 Å². The lowest BCUT2D eigenvalue weighted by Gasteiger charge is -2.22. The van der Waals surface area contributed by atoms with E-state index in [1.807, 2.05) is 0 Å². The lowest BCUT2D eigenvalue weighted by molar-refractivity contribution is 0.370. The third-order valence-electron chi connectivity index (χ3n) is 3.74. The summed E-state index contributed by atoms with van der Waals surface area (Å²) in [5.41, 5.74) is 2.50. The van der Waals surface area contributed by atoms with Gasteiger partial charge in [-0.3, -0.25) is 4.68 Å². The molecule has 0 radical (unpaired) electrons. The maximum Gasteiger partial charge on any atom is 0.0926 e. The normalized spacial score (nSPS) is 20.9. The van der Waals surface area contributed by atoms with E-state index >= 15 is 0 Å². The van der Waals surface area contributed by atoms with Gasteiger partial charge in [0, 0.05) is 18.1 Å². The summed E-state index contributed by atoms with van der Waals surface area (Å²) in [4.78, 5) is 0. The molecule has 1 fully saturated rings. The average Bonchev–Trinajstić information content (AvgIpc) is 2.68. The second kappa shape index (κ2) is 4.49. The van der Waals surface area contributed by atoms with Crippen molar-refractivity contribution in [3.8, 4) is 0 Å². The molecule has 1 saturated heterocycles. The summed E-state index contributed by atoms with van der Waals surface area (Å²) in [5, 5.41) is 9.38. The van der Waals surface area contributed by atoms with E-state index in [2.05, 4.69) is 46.4 Å². The van der Waals surface area contributed by atoms with Crippen molar-refractivity contribution in [3.05, 3.63) is 30.0 Å². The molecular weight excluding hydrogens is 210 g/mol. The van der Waals surface area contributed by atoms with Crippen LogP contribution in [0.3, 0.4) is 0 Å². The van der Waals surface area contributed by atoms with Gasteiger partial charge in [0.2, 0.25) is 0 Å². The van der Waals surface area contributed by atoms with E-state index in [1.165, 1.54) is 30.5 Å². The number of aromatic nitrogens is 2. The highest BCUT2D eigenvalue weighted by molar-refractivity contribution is 5.81.